The van der Waals surface area contributed by atoms with E-state index < -0.39 is 5.91 Å². The molecule has 3 aromatic carbocycles. The van der Waals surface area contributed by atoms with E-state index in [1.165, 1.54) is 18.0 Å². The van der Waals surface area contributed by atoms with E-state index in [9.17, 15) is 14.7 Å². The van der Waals surface area contributed by atoms with E-state index in [-0.39, 0.29) is 17.2 Å². The van der Waals surface area contributed by atoms with E-state index >= 15 is 0 Å². The largest absolute Gasteiger partial charge is 0.508 e. The number of fused-ring (bicyclic) bond motifs is 1. The molecule has 7 nitrogen and oxygen atoms in total. The Labute approximate surface area is 201 Å². The molecule has 8 heteroatoms. The van der Waals surface area contributed by atoms with Gasteiger partial charge in [0, 0.05) is 52.8 Å². The molecule has 0 spiro atoms. The van der Waals surface area contributed by atoms with Gasteiger partial charge in [-0.3, -0.25) is 14.6 Å². The second kappa shape index (κ2) is 9.44. The lowest BCUT2D eigenvalue weighted by Gasteiger charge is -2.16. The van der Waals surface area contributed by atoms with Crippen LogP contribution in [0.1, 0.15) is 26.3 Å². The van der Waals surface area contributed by atoms with Crippen LogP contribution >= 0.6 is 11.8 Å². The van der Waals surface area contributed by atoms with Crippen molar-refractivity contribution in [1.29, 1.82) is 0 Å². The third-order valence-corrected chi connectivity index (χ3v) is 6.20. The fourth-order valence-electron chi connectivity index (χ4n) is 3.64. The number of rotatable bonds is 6. The molecule has 0 aliphatic carbocycles. The fourth-order valence-corrected chi connectivity index (χ4v) is 4.66. The molecule has 172 valence electrons. The van der Waals surface area contributed by atoms with Gasteiger partial charge in [0.1, 0.15) is 5.75 Å². The zero-order valence-electron chi connectivity index (χ0n) is 19.0. The van der Waals surface area contributed by atoms with Crippen molar-refractivity contribution < 1.29 is 14.7 Å². The van der Waals surface area contributed by atoms with E-state index in [0.717, 1.165) is 26.3 Å². The number of carbonyl (C=O) groups excluding carboxylic acids is 2. The number of nitrogens with zero attached hydrogens (tertiary/aromatic N) is 2. The van der Waals surface area contributed by atoms with Crippen molar-refractivity contribution >= 4 is 45.9 Å². The number of pyridine rings is 1. The summed E-state index contributed by atoms with van der Waals surface area (Å²) in [6.45, 7) is 1.95. The highest BCUT2D eigenvalue weighted by Gasteiger charge is 2.17. The maximum absolute atomic E-state index is 12.4. The molecule has 0 aliphatic heterocycles. The van der Waals surface area contributed by atoms with Crippen LogP contribution in [0.5, 0.6) is 5.75 Å². The van der Waals surface area contributed by atoms with Crippen molar-refractivity contribution in [2.24, 2.45) is 5.73 Å². The number of aromatic nitrogens is 1. The van der Waals surface area contributed by atoms with Crippen LogP contribution in [0.4, 0.5) is 11.4 Å². The quantitative estimate of drug-likeness (QED) is 0.367. The second-order valence-corrected chi connectivity index (χ2v) is 9.20. The number of phenols is 1. The molecular weight excluding hydrogens is 448 g/mol. The predicted octanol–water partition coefficient (Wildman–Crippen LogP) is 4.94. The predicted molar refractivity (Wildman–Crippen MR) is 135 cm³/mol. The van der Waals surface area contributed by atoms with Crippen molar-refractivity contribution in [1.82, 2.24) is 9.88 Å². The zero-order valence-corrected chi connectivity index (χ0v) is 19.8. The van der Waals surface area contributed by atoms with Gasteiger partial charge in [0.05, 0.1) is 16.8 Å². The molecule has 2 amide bonds. The van der Waals surface area contributed by atoms with E-state index in [0.29, 0.717) is 16.9 Å². The maximum Gasteiger partial charge on any atom is 0.253 e. The minimum absolute atomic E-state index is 0.0648. The zero-order chi connectivity index (χ0) is 24.4. The number of nitrogens with two attached hydrogens (primary N) is 1. The molecule has 4 aromatic rings. The van der Waals surface area contributed by atoms with Crippen LogP contribution in [0.2, 0.25) is 0 Å². The van der Waals surface area contributed by atoms with Gasteiger partial charge in [0.15, 0.2) is 0 Å². The lowest BCUT2D eigenvalue weighted by molar-refractivity contribution is 0.0827. The number of benzene rings is 3. The first-order valence-electron chi connectivity index (χ1n) is 10.5. The van der Waals surface area contributed by atoms with E-state index in [2.05, 4.69) is 10.3 Å². The number of amides is 2. The van der Waals surface area contributed by atoms with Crippen LogP contribution in [0.3, 0.4) is 0 Å². The van der Waals surface area contributed by atoms with Crippen LogP contribution in [-0.4, -0.2) is 40.9 Å². The smallest absolute Gasteiger partial charge is 0.253 e. The molecular formula is C26H24N4O3S. The average Bonchev–Trinajstić information content (AvgIpc) is 2.79. The molecule has 1 heterocycles. The van der Waals surface area contributed by atoms with Gasteiger partial charge in [-0.05, 0) is 55.0 Å². The number of anilines is 2. The third kappa shape index (κ3) is 4.82. The van der Waals surface area contributed by atoms with Crippen molar-refractivity contribution in [3.05, 3.63) is 83.6 Å². The Morgan fingerprint density at radius 1 is 1.03 bits per heavy atom. The minimum atomic E-state index is -0.609. The van der Waals surface area contributed by atoms with Crippen molar-refractivity contribution in [2.45, 2.75) is 16.7 Å². The van der Waals surface area contributed by atoms with E-state index in [1.54, 1.807) is 49.3 Å². The molecule has 4 N–H and O–H groups in total. The normalized spacial score (nSPS) is 10.8. The van der Waals surface area contributed by atoms with Gasteiger partial charge in [-0.1, -0.05) is 23.9 Å². The second-order valence-electron chi connectivity index (χ2n) is 8.05. The summed E-state index contributed by atoms with van der Waals surface area (Å²) in [4.78, 5) is 32.4. The summed E-state index contributed by atoms with van der Waals surface area (Å²) >= 11 is 1.51. The summed E-state index contributed by atoms with van der Waals surface area (Å²) in [5.74, 6) is -0.573. The molecule has 0 saturated carbocycles. The molecule has 0 saturated heterocycles. The van der Waals surface area contributed by atoms with Crippen molar-refractivity contribution in [3.63, 3.8) is 0 Å². The van der Waals surface area contributed by atoms with Gasteiger partial charge in [-0.25, -0.2) is 0 Å². The molecule has 0 bridgehead atoms. The number of aromatic hydroxyl groups is 1. The maximum atomic E-state index is 12.4. The Balaban J connectivity index is 1.81. The Morgan fingerprint density at radius 3 is 2.50 bits per heavy atom. The standard InChI is InChI=1S/C26H24N4O3S/c1-15-10-20(34-19-9-4-6-16(11-19)26(33)30(2)3)13-21-23(15)28-14-22(25(27)32)24(21)29-17-7-5-8-18(31)12-17/h4-14,31H,1-3H3,(H2,27,32)(H,28,29). The molecule has 34 heavy (non-hydrogen) atoms. The fraction of sp³-hybridized carbons (Fsp3) is 0.115. The van der Waals surface area contributed by atoms with Gasteiger partial charge >= 0.3 is 0 Å². The lowest BCUT2D eigenvalue weighted by Crippen LogP contribution is -2.21. The first-order valence-corrected chi connectivity index (χ1v) is 11.3. The van der Waals surface area contributed by atoms with Gasteiger partial charge < -0.3 is 21.1 Å². The van der Waals surface area contributed by atoms with Crippen molar-refractivity contribution in [3.8, 4) is 5.75 Å². The summed E-state index contributed by atoms with van der Waals surface area (Å²) in [6, 6.07) is 18.0. The molecule has 0 fully saturated rings. The van der Waals surface area contributed by atoms with E-state index in [4.69, 9.17) is 5.73 Å². The minimum Gasteiger partial charge on any atom is -0.508 e. The highest BCUT2D eigenvalue weighted by molar-refractivity contribution is 7.99. The lowest BCUT2D eigenvalue weighted by atomic mass is 10.1. The highest BCUT2D eigenvalue weighted by Crippen LogP contribution is 2.37. The van der Waals surface area contributed by atoms with Gasteiger partial charge in [-0.2, -0.15) is 0 Å². The number of hydrogen-bond donors (Lipinski definition) is 3. The number of nitrogens with one attached hydrogen (secondary N) is 1. The number of primary amides is 1. The molecule has 0 aliphatic rings. The summed E-state index contributed by atoms with van der Waals surface area (Å²) in [7, 11) is 3.44. The summed E-state index contributed by atoms with van der Waals surface area (Å²) in [5, 5.41) is 13.8. The summed E-state index contributed by atoms with van der Waals surface area (Å²) in [6.07, 6.45) is 1.46. The van der Waals surface area contributed by atoms with Crippen LogP contribution in [0.25, 0.3) is 10.9 Å². The molecule has 0 atom stereocenters. The number of carbonyl (C=O) groups is 2. The van der Waals surface area contributed by atoms with Crippen LogP contribution in [0, 0.1) is 6.92 Å². The Morgan fingerprint density at radius 2 is 1.79 bits per heavy atom. The number of aryl methyl sites for hydroxylation is 1. The molecule has 0 unspecified atom stereocenters. The summed E-state index contributed by atoms with van der Waals surface area (Å²) in [5.41, 5.74) is 9.29. The molecule has 4 rings (SSSR count). The van der Waals surface area contributed by atoms with Gasteiger partial charge in [-0.15, -0.1) is 0 Å². The first kappa shape index (κ1) is 23.1. The van der Waals surface area contributed by atoms with Crippen molar-refractivity contribution in [2.75, 3.05) is 19.4 Å². The number of phenolic OH excluding ortho intramolecular Hbond substituents is 1. The monoisotopic (exact) mass is 472 g/mol. The Kier molecular flexibility index (Phi) is 6.43. The Hall–Kier alpha value is -4.04. The SMILES string of the molecule is Cc1cc(Sc2cccc(C(=O)N(C)C)c2)cc2c(Nc3cccc(O)c3)c(C(N)=O)cnc12. The van der Waals surface area contributed by atoms with E-state index in [1.807, 2.05) is 37.3 Å². The molecule has 1 aromatic heterocycles. The highest BCUT2D eigenvalue weighted by atomic mass is 32.2. The van der Waals surface area contributed by atoms with Gasteiger partial charge in [0.25, 0.3) is 11.8 Å². The topological polar surface area (TPSA) is 109 Å². The summed E-state index contributed by atoms with van der Waals surface area (Å²) < 4.78 is 0. The van der Waals surface area contributed by atoms with Crippen LogP contribution in [0.15, 0.2) is 76.7 Å². The van der Waals surface area contributed by atoms with Crippen LogP contribution < -0.4 is 11.1 Å². The third-order valence-electron chi connectivity index (χ3n) is 5.24. The van der Waals surface area contributed by atoms with Crippen LogP contribution in [-0.2, 0) is 0 Å². The molecule has 0 radical (unpaired) electrons. The average molecular weight is 473 g/mol. The first-order chi connectivity index (χ1) is 16.2. The Bertz CT molecular complexity index is 1420. The van der Waals surface area contributed by atoms with Gasteiger partial charge in [0.2, 0.25) is 0 Å². The number of hydrogen-bond acceptors (Lipinski definition) is 6.